The van der Waals surface area contributed by atoms with Crippen LogP contribution in [0.5, 0.6) is 11.5 Å². The first-order valence-corrected chi connectivity index (χ1v) is 9.13. The first-order valence-electron chi connectivity index (χ1n) is 9.13. The van der Waals surface area contributed by atoms with Crippen LogP contribution in [0.2, 0.25) is 0 Å². The minimum atomic E-state index is -4.70. The Balaban J connectivity index is 1.82. The van der Waals surface area contributed by atoms with Crippen LogP contribution in [0.15, 0.2) is 54.6 Å². The van der Waals surface area contributed by atoms with Crippen molar-refractivity contribution in [3.8, 4) is 11.5 Å². The van der Waals surface area contributed by atoms with E-state index in [-0.39, 0.29) is 16.9 Å². The fraction of sp³-hybridized carbons (Fsp3) is 0.238. The van der Waals surface area contributed by atoms with Crippen LogP contribution in [0.1, 0.15) is 23.0 Å². The van der Waals surface area contributed by atoms with Crippen molar-refractivity contribution < 1.29 is 22.7 Å². The van der Waals surface area contributed by atoms with Gasteiger partial charge in [0.05, 0.1) is 11.4 Å². The van der Waals surface area contributed by atoms with Gasteiger partial charge in [-0.1, -0.05) is 30.3 Å². The molecule has 6 nitrogen and oxygen atoms in total. The molecule has 1 heterocycles. The summed E-state index contributed by atoms with van der Waals surface area (Å²) in [5.74, 6) is 0.832. The molecule has 0 aliphatic rings. The van der Waals surface area contributed by atoms with E-state index in [9.17, 15) is 18.0 Å². The maximum atomic E-state index is 13.7. The second-order valence-corrected chi connectivity index (χ2v) is 6.69. The Hall–Kier alpha value is -3.49. The number of amides is 2. The van der Waals surface area contributed by atoms with Crippen LogP contribution < -0.4 is 15.4 Å². The lowest BCUT2D eigenvalue weighted by molar-refractivity contribution is -0.155. The molecule has 0 aliphatic heterocycles. The van der Waals surface area contributed by atoms with Gasteiger partial charge in [0, 0.05) is 18.3 Å². The molecule has 2 N–H and O–H groups in total. The molecule has 2 amide bonds. The summed E-state index contributed by atoms with van der Waals surface area (Å²) in [6, 6.07) is 12.1. The smallest absolute Gasteiger partial charge is 0.413 e. The van der Waals surface area contributed by atoms with E-state index in [2.05, 4.69) is 10.4 Å². The topological polar surface area (TPSA) is 68.2 Å². The first kappa shape index (κ1) is 21.2. The number of nitrogens with zero attached hydrogens (tertiary/aromatic N) is 2. The number of halogens is 3. The van der Waals surface area contributed by atoms with E-state index in [1.807, 2.05) is 11.4 Å². The fourth-order valence-corrected chi connectivity index (χ4v) is 3.09. The first-order chi connectivity index (χ1) is 14.2. The van der Waals surface area contributed by atoms with Crippen LogP contribution in [0.3, 0.4) is 0 Å². The molecule has 30 heavy (non-hydrogen) atoms. The van der Waals surface area contributed by atoms with Gasteiger partial charge in [0.2, 0.25) is 0 Å². The van der Waals surface area contributed by atoms with Crippen molar-refractivity contribution in [2.24, 2.45) is 7.05 Å². The summed E-state index contributed by atoms with van der Waals surface area (Å²) < 4.78 is 48.3. The molecule has 0 aliphatic carbocycles. The molecule has 1 aromatic heterocycles. The van der Waals surface area contributed by atoms with Gasteiger partial charge in [-0.15, -0.1) is 0 Å². The SMILES string of the molecule is Cc1nn(C)c(C)c1C(NC(=O)Nc1ccccc1Oc1ccccc1)C(F)(F)F. The van der Waals surface area contributed by atoms with E-state index < -0.39 is 18.2 Å². The highest BCUT2D eigenvalue weighted by atomic mass is 19.4. The zero-order valence-corrected chi connectivity index (χ0v) is 16.6. The van der Waals surface area contributed by atoms with E-state index in [1.165, 1.54) is 18.5 Å². The van der Waals surface area contributed by atoms with Gasteiger partial charge in [0.15, 0.2) is 11.8 Å². The van der Waals surface area contributed by atoms with Crippen molar-refractivity contribution in [1.29, 1.82) is 0 Å². The number of urea groups is 1. The van der Waals surface area contributed by atoms with Crippen molar-refractivity contribution in [2.45, 2.75) is 26.1 Å². The standard InChI is InChI=1S/C21H21F3N4O2/c1-13-18(14(2)28(3)27-13)19(21(22,23)24)26-20(29)25-16-11-7-8-12-17(16)30-15-9-5-4-6-10-15/h4-12,19H,1-3H3,(H2,25,26,29). The predicted molar refractivity (Wildman–Crippen MR) is 107 cm³/mol. The highest BCUT2D eigenvalue weighted by molar-refractivity contribution is 5.91. The average Bonchev–Trinajstić information content (AvgIpc) is 2.93. The fourth-order valence-electron chi connectivity index (χ4n) is 3.09. The van der Waals surface area contributed by atoms with E-state index >= 15 is 0 Å². The summed E-state index contributed by atoms with van der Waals surface area (Å²) in [5, 5.41) is 8.49. The van der Waals surface area contributed by atoms with E-state index in [0.717, 1.165) is 0 Å². The zero-order valence-electron chi connectivity index (χ0n) is 16.6. The number of carbonyl (C=O) groups excluding carboxylic acids is 1. The van der Waals surface area contributed by atoms with Gasteiger partial charge in [-0.25, -0.2) is 4.79 Å². The molecule has 0 saturated carbocycles. The Kier molecular flexibility index (Phi) is 6.00. The summed E-state index contributed by atoms with van der Waals surface area (Å²) in [6.07, 6.45) is -4.70. The number of nitrogens with one attached hydrogen (secondary N) is 2. The second-order valence-electron chi connectivity index (χ2n) is 6.69. The Morgan fingerprint density at radius 2 is 1.70 bits per heavy atom. The summed E-state index contributed by atoms with van der Waals surface area (Å²) >= 11 is 0. The molecule has 0 spiro atoms. The third kappa shape index (κ3) is 4.73. The van der Waals surface area contributed by atoms with Crippen molar-refractivity contribution in [1.82, 2.24) is 15.1 Å². The Labute approximate surface area is 171 Å². The molecule has 3 rings (SSSR count). The molecule has 1 unspecified atom stereocenters. The van der Waals surface area contributed by atoms with Gasteiger partial charge >= 0.3 is 12.2 Å². The predicted octanol–water partition coefficient (Wildman–Crippen LogP) is 5.25. The third-order valence-electron chi connectivity index (χ3n) is 4.56. The van der Waals surface area contributed by atoms with E-state index in [0.29, 0.717) is 17.2 Å². The molecule has 2 aromatic carbocycles. The van der Waals surface area contributed by atoms with Gasteiger partial charge in [0.1, 0.15) is 5.75 Å². The van der Waals surface area contributed by atoms with Crippen molar-refractivity contribution in [3.63, 3.8) is 0 Å². The Morgan fingerprint density at radius 3 is 2.30 bits per heavy atom. The molecule has 0 bridgehead atoms. The number of hydrogen-bond acceptors (Lipinski definition) is 3. The van der Waals surface area contributed by atoms with Gasteiger partial charge in [-0.05, 0) is 38.1 Å². The molecular formula is C21H21F3N4O2. The summed E-state index contributed by atoms with van der Waals surface area (Å²) in [5.41, 5.74) is 0.682. The second kappa shape index (κ2) is 8.48. The zero-order chi connectivity index (χ0) is 21.9. The number of anilines is 1. The highest BCUT2D eigenvalue weighted by Crippen LogP contribution is 2.36. The lowest BCUT2D eigenvalue weighted by atomic mass is 10.0. The molecule has 1 atom stereocenters. The number of carbonyl (C=O) groups is 1. The Morgan fingerprint density at radius 1 is 1.07 bits per heavy atom. The van der Waals surface area contributed by atoms with Crippen molar-refractivity contribution in [3.05, 3.63) is 71.5 Å². The minimum Gasteiger partial charge on any atom is -0.455 e. The quantitative estimate of drug-likeness (QED) is 0.594. The maximum Gasteiger partial charge on any atom is 0.413 e. The van der Waals surface area contributed by atoms with E-state index in [1.54, 1.807) is 55.6 Å². The van der Waals surface area contributed by atoms with Crippen molar-refractivity contribution >= 4 is 11.7 Å². The summed E-state index contributed by atoms with van der Waals surface area (Å²) in [7, 11) is 1.55. The van der Waals surface area contributed by atoms with Crippen LogP contribution in [-0.2, 0) is 7.05 Å². The maximum absolute atomic E-state index is 13.7. The number of para-hydroxylation sites is 3. The number of aromatic nitrogens is 2. The van der Waals surface area contributed by atoms with Gasteiger partial charge < -0.3 is 15.4 Å². The van der Waals surface area contributed by atoms with Crippen LogP contribution in [0, 0.1) is 13.8 Å². The van der Waals surface area contributed by atoms with Crippen LogP contribution in [-0.4, -0.2) is 22.0 Å². The molecule has 0 radical (unpaired) electrons. The lowest BCUT2D eigenvalue weighted by Crippen LogP contribution is -2.41. The van der Waals surface area contributed by atoms with Crippen LogP contribution >= 0.6 is 0 Å². The number of alkyl halides is 3. The lowest BCUT2D eigenvalue weighted by Gasteiger charge is -2.23. The van der Waals surface area contributed by atoms with Crippen LogP contribution in [0.4, 0.5) is 23.7 Å². The largest absolute Gasteiger partial charge is 0.455 e. The highest BCUT2D eigenvalue weighted by Gasteiger charge is 2.44. The summed E-state index contributed by atoms with van der Waals surface area (Å²) in [4.78, 5) is 12.5. The molecule has 3 aromatic rings. The monoisotopic (exact) mass is 418 g/mol. The Bertz CT molecular complexity index is 1030. The van der Waals surface area contributed by atoms with Gasteiger partial charge in [0.25, 0.3) is 0 Å². The number of ether oxygens (including phenoxy) is 1. The molecular weight excluding hydrogens is 397 g/mol. The third-order valence-corrected chi connectivity index (χ3v) is 4.56. The molecule has 9 heteroatoms. The van der Waals surface area contributed by atoms with E-state index in [4.69, 9.17) is 4.74 Å². The minimum absolute atomic E-state index is 0.0750. The number of aryl methyl sites for hydroxylation is 2. The molecule has 0 fully saturated rings. The van der Waals surface area contributed by atoms with Crippen molar-refractivity contribution in [2.75, 3.05) is 5.32 Å². The number of rotatable bonds is 5. The van der Waals surface area contributed by atoms with Crippen LogP contribution in [0.25, 0.3) is 0 Å². The molecule has 0 saturated heterocycles. The average molecular weight is 418 g/mol. The van der Waals surface area contributed by atoms with Gasteiger partial charge in [-0.2, -0.15) is 18.3 Å². The normalized spacial score (nSPS) is 12.3. The van der Waals surface area contributed by atoms with Gasteiger partial charge in [-0.3, -0.25) is 4.68 Å². The molecule has 158 valence electrons. The summed E-state index contributed by atoms with van der Waals surface area (Å²) in [6.45, 7) is 3.00. The number of hydrogen-bond donors (Lipinski definition) is 2. The number of benzene rings is 2.